The molecule has 0 aromatic rings. The molecule has 0 heterocycles. The van der Waals surface area contributed by atoms with Gasteiger partial charge in [0.05, 0.1) is 0 Å². The van der Waals surface area contributed by atoms with Gasteiger partial charge in [-0.2, -0.15) is 0 Å². The third-order valence-electron chi connectivity index (χ3n) is 3.53. The number of hydrogen-bond acceptors (Lipinski definition) is 2. The van der Waals surface area contributed by atoms with Crippen LogP contribution in [0.1, 0.15) is 19.3 Å². The van der Waals surface area contributed by atoms with E-state index in [0.717, 1.165) is 19.3 Å². The van der Waals surface area contributed by atoms with E-state index in [0.29, 0.717) is 11.6 Å². The van der Waals surface area contributed by atoms with Crippen molar-refractivity contribution < 1.29 is 9.59 Å². The summed E-state index contributed by atoms with van der Waals surface area (Å²) in [6.45, 7) is 0. The Hall–Kier alpha value is -0.660. The largest absolute Gasteiger partial charge is 0.299 e. The molecule has 0 N–H and O–H groups in total. The van der Waals surface area contributed by atoms with Crippen molar-refractivity contribution in [2.24, 2.45) is 23.7 Å². The summed E-state index contributed by atoms with van der Waals surface area (Å²) in [5.41, 5.74) is 0. The predicted octanol–water partition coefficient (Wildman–Crippen LogP) is 0.800. The van der Waals surface area contributed by atoms with E-state index in [1.54, 1.807) is 0 Å². The normalized spacial score (nSPS) is 52.7. The minimum absolute atomic E-state index is 0.159. The molecule has 3 aliphatic carbocycles. The molecule has 4 unspecified atom stereocenters. The minimum Gasteiger partial charge on any atom is -0.299 e. The molecule has 0 saturated heterocycles. The third kappa shape index (κ3) is 0.547. The highest BCUT2D eigenvalue weighted by atomic mass is 16.1. The summed E-state index contributed by atoms with van der Waals surface area (Å²) >= 11 is 0. The molecule has 3 rings (SSSR count). The van der Waals surface area contributed by atoms with Crippen LogP contribution < -0.4 is 0 Å². The quantitative estimate of drug-likeness (QED) is 0.512. The van der Waals surface area contributed by atoms with Crippen molar-refractivity contribution in [1.29, 1.82) is 0 Å². The van der Waals surface area contributed by atoms with Crippen LogP contribution >= 0.6 is 0 Å². The predicted molar refractivity (Wildman–Crippen MR) is 37.8 cm³/mol. The van der Waals surface area contributed by atoms with Crippen molar-refractivity contribution in [3.05, 3.63) is 0 Å². The van der Waals surface area contributed by atoms with E-state index < -0.39 is 0 Å². The lowest BCUT2D eigenvalue weighted by atomic mass is 9.64. The summed E-state index contributed by atoms with van der Waals surface area (Å²) in [5, 5.41) is 0. The molecule has 0 bridgehead atoms. The molecule has 2 heteroatoms. The number of carbonyl (C=O) groups excluding carboxylic acids is 2. The molecule has 2 nitrogen and oxygen atoms in total. The van der Waals surface area contributed by atoms with Gasteiger partial charge in [-0.25, -0.2) is 0 Å². The van der Waals surface area contributed by atoms with Gasteiger partial charge in [-0.05, 0) is 19.3 Å². The average Bonchev–Trinajstić information content (AvgIpc) is 2.59. The summed E-state index contributed by atoms with van der Waals surface area (Å²) in [4.78, 5) is 22.8. The number of hydrogen-bond donors (Lipinski definition) is 0. The Morgan fingerprint density at radius 3 is 1.64 bits per heavy atom. The second kappa shape index (κ2) is 1.57. The van der Waals surface area contributed by atoms with E-state index in [4.69, 9.17) is 0 Å². The second-order valence-electron chi connectivity index (χ2n) is 4.04. The Kier molecular flexibility index (Phi) is 0.846. The smallest absolute Gasteiger partial charge is 0.140 e. The van der Waals surface area contributed by atoms with Crippen molar-refractivity contribution >= 4 is 11.6 Å². The molecule has 3 saturated carbocycles. The molecule has 0 aromatic heterocycles. The highest BCUT2D eigenvalue weighted by Gasteiger charge is 2.60. The Bertz CT molecular complexity index is 230. The van der Waals surface area contributed by atoms with E-state index in [2.05, 4.69) is 0 Å². The Balaban J connectivity index is 1.97. The molecule has 11 heavy (non-hydrogen) atoms. The van der Waals surface area contributed by atoms with E-state index in [1.165, 1.54) is 0 Å². The first-order valence-corrected chi connectivity index (χ1v) is 4.36. The lowest BCUT2D eigenvalue weighted by Gasteiger charge is -2.37. The SMILES string of the molecule is O=C1C2CCC2C(=O)C2CC12. The molecule has 0 radical (unpaired) electrons. The number of Topliss-reactive ketones (excluding diaryl/α,β-unsaturated/α-hetero) is 2. The van der Waals surface area contributed by atoms with Crippen LogP contribution in [0.2, 0.25) is 0 Å². The summed E-state index contributed by atoms with van der Waals surface area (Å²) in [7, 11) is 0. The highest BCUT2D eigenvalue weighted by Crippen LogP contribution is 2.55. The molecule has 0 amide bonds. The van der Waals surface area contributed by atoms with Crippen LogP contribution in [0.4, 0.5) is 0 Å². The van der Waals surface area contributed by atoms with Gasteiger partial charge in [-0.1, -0.05) is 0 Å². The maximum absolute atomic E-state index is 11.4. The van der Waals surface area contributed by atoms with Crippen LogP contribution in [-0.2, 0) is 9.59 Å². The standard InChI is InChI=1S/C9H10O2/c10-8-4-1-2-5(4)9(11)7-3-6(7)8/h4-7H,1-3H2. The maximum Gasteiger partial charge on any atom is 0.140 e. The summed E-state index contributed by atoms with van der Waals surface area (Å²) in [6.07, 6.45) is 2.85. The molecule has 3 fully saturated rings. The van der Waals surface area contributed by atoms with Gasteiger partial charge in [-0.15, -0.1) is 0 Å². The van der Waals surface area contributed by atoms with Crippen LogP contribution in [0.15, 0.2) is 0 Å². The highest BCUT2D eigenvalue weighted by molar-refractivity contribution is 6.04. The van der Waals surface area contributed by atoms with Crippen LogP contribution in [-0.4, -0.2) is 11.6 Å². The fourth-order valence-corrected chi connectivity index (χ4v) is 2.55. The van der Waals surface area contributed by atoms with Gasteiger partial charge in [0, 0.05) is 23.7 Å². The van der Waals surface area contributed by atoms with Gasteiger partial charge in [0.1, 0.15) is 11.6 Å². The summed E-state index contributed by atoms with van der Waals surface area (Å²) in [5.74, 6) is 1.47. The van der Waals surface area contributed by atoms with Crippen LogP contribution in [0, 0.1) is 23.7 Å². The van der Waals surface area contributed by atoms with Gasteiger partial charge < -0.3 is 0 Å². The van der Waals surface area contributed by atoms with Crippen LogP contribution in [0.25, 0.3) is 0 Å². The summed E-state index contributed by atoms with van der Waals surface area (Å²) in [6, 6.07) is 0. The molecule has 4 atom stereocenters. The minimum atomic E-state index is 0.159. The number of fused-ring (bicyclic) bond motifs is 2. The van der Waals surface area contributed by atoms with Crippen molar-refractivity contribution in [3.8, 4) is 0 Å². The fraction of sp³-hybridized carbons (Fsp3) is 0.778. The molecule has 0 aromatic carbocycles. The van der Waals surface area contributed by atoms with E-state index in [9.17, 15) is 9.59 Å². The lowest BCUT2D eigenvalue weighted by molar-refractivity contribution is -0.144. The number of carbonyl (C=O) groups is 2. The zero-order valence-corrected chi connectivity index (χ0v) is 6.25. The van der Waals surface area contributed by atoms with E-state index in [1.807, 2.05) is 0 Å². The van der Waals surface area contributed by atoms with Crippen molar-refractivity contribution in [2.45, 2.75) is 19.3 Å². The molecular formula is C9H10O2. The first-order valence-electron chi connectivity index (χ1n) is 4.36. The van der Waals surface area contributed by atoms with Gasteiger partial charge in [0.15, 0.2) is 0 Å². The van der Waals surface area contributed by atoms with Crippen molar-refractivity contribution in [1.82, 2.24) is 0 Å². The van der Waals surface area contributed by atoms with Gasteiger partial charge in [-0.3, -0.25) is 9.59 Å². The Morgan fingerprint density at radius 1 is 0.818 bits per heavy atom. The summed E-state index contributed by atoms with van der Waals surface area (Å²) < 4.78 is 0. The van der Waals surface area contributed by atoms with E-state index >= 15 is 0 Å². The topological polar surface area (TPSA) is 34.1 Å². The van der Waals surface area contributed by atoms with E-state index in [-0.39, 0.29) is 23.7 Å². The van der Waals surface area contributed by atoms with Gasteiger partial charge >= 0.3 is 0 Å². The monoisotopic (exact) mass is 150 g/mol. The van der Waals surface area contributed by atoms with Crippen LogP contribution in [0.5, 0.6) is 0 Å². The molecule has 0 spiro atoms. The lowest BCUT2D eigenvalue weighted by Crippen LogP contribution is -2.44. The molecule has 3 aliphatic rings. The van der Waals surface area contributed by atoms with Crippen LogP contribution in [0.3, 0.4) is 0 Å². The zero-order chi connectivity index (χ0) is 7.59. The number of ketones is 2. The third-order valence-corrected chi connectivity index (χ3v) is 3.53. The Labute approximate surface area is 65.0 Å². The van der Waals surface area contributed by atoms with Gasteiger partial charge in [0.2, 0.25) is 0 Å². The molecule has 58 valence electrons. The van der Waals surface area contributed by atoms with Crippen molar-refractivity contribution in [2.75, 3.05) is 0 Å². The first kappa shape index (κ1) is 5.92. The number of rotatable bonds is 0. The molecular weight excluding hydrogens is 140 g/mol. The fourth-order valence-electron chi connectivity index (χ4n) is 2.55. The average molecular weight is 150 g/mol. The van der Waals surface area contributed by atoms with Gasteiger partial charge in [0.25, 0.3) is 0 Å². The zero-order valence-electron chi connectivity index (χ0n) is 6.25. The molecule has 0 aliphatic heterocycles. The van der Waals surface area contributed by atoms with Crippen molar-refractivity contribution in [3.63, 3.8) is 0 Å². The second-order valence-corrected chi connectivity index (χ2v) is 4.04. The Morgan fingerprint density at radius 2 is 1.27 bits per heavy atom. The maximum atomic E-state index is 11.4. The first-order chi connectivity index (χ1) is 5.29.